The number of amides is 2. The maximum atomic E-state index is 11.6. The Morgan fingerprint density at radius 1 is 1.47 bits per heavy atom. The van der Waals surface area contributed by atoms with Gasteiger partial charge in [0.2, 0.25) is 5.91 Å². The fourth-order valence-corrected chi connectivity index (χ4v) is 1.11. The van der Waals surface area contributed by atoms with Crippen LogP contribution < -0.4 is 16.4 Å². The molecule has 2 amide bonds. The molecule has 0 saturated carbocycles. The lowest BCUT2D eigenvalue weighted by molar-refractivity contribution is 0.0942. The topological polar surface area (TPSA) is 97.1 Å². The summed E-state index contributed by atoms with van der Waals surface area (Å²) in [5.41, 5.74) is 5.61. The van der Waals surface area contributed by atoms with Crippen LogP contribution in [0.5, 0.6) is 0 Å². The van der Waals surface area contributed by atoms with Crippen molar-refractivity contribution in [3.63, 3.8) is 0 Å². The highest BCUT2D eigenvalue weighted by Crippen LogP contribution is 1.99. The summed E-state index contributed by atoms with van der Waals surface area (Å²) in [6.07, 6.45) is 1.29. The third-order valence-corrected chi connectivity index (χ3v) is 2.34. The van der Waals surface area contributed by atoms with Gasteiger partial charge in [-0.2, -0.15) is 0 Å². The molecule has 17 heavy (non-hydrogen) atoms. The van der Waals surface area contributed by atoms with E-state index in [9.17, 15) is 9.59 Å². The Hall–Kier alpha value is -1.95. The van der Waals surface area contributed by atoms with E-state index in [1.807, 2.05) is 14.0 Å². The number of nitrogens with two attached hydrogens (primary N) is 1. The molecule has 4 N–H and O–H groups in total. The van der Waals surface area contributed by atoms with Crippen molar-refractivity contribution in [2.75, 3.05) is 13.6 Å². The molecule has 1 rings (SSSR count). The average Bonchev–Trinajstić information content (AvgIpc) is 2.35. The molecule has 92 valence electrons. The highest BCUT2D eigenvalue weighted by atomic mass is 16.2. The second-order valence-electron chi connectivity index (χ2n) is 3.70. The Morgan fingerprint density at radius 2 is 2.18 bits per heavy atom. The van der Waals surface area contributed by atoms with Crippen LogP contribution in [0.15, 0.2) is 18.3 Å². The maximum Gasteiger partial charge on any atom is 0.269 e. The number of aromatic nitrogens is 1. The van der Waals surface area contributed by atoms with Gasteiger partial charge in [0.25, 0.3) is 5.91 Å². The van der Waals surface area contributed by atoms with Crippen LogP contribution in [-0.4, -0.2) is 36.4 Å². The summed E-state index contributed by atoms with van der Waals surface area (Å²) in [5.74, 6) is -0.837. The lowest BCUT2D eigenvalue weighted by Crippen LogP contribution is -2.37. The molecule has 6 heteroatoms. The zero-order valence-corrected chi connectivity index (χ0v) is 9.86. The van der Waals surface area contributed by atoms with Gasteiger partial charge in [-0.3, -0.25) is 14.6 Å². The molecule has 0 aliphatic heterocycles. The number of likely N-dealkylation sites (N-methyl/N-ethyl adjacent to an activating group) is 1. The SMILES string of the molecule is CNC(C)CNC(=O)c1ccc(C(N)=O)cn1. The second-order valence-corrected chi connectivity index (χ2v) is 3.70. The van der Waals surface area contributed by atoms with E-state index >= 15 is 0 Å². The summed E-state index contributed by atoms with van der Waals surface area (Å²) in [4.78, 5) is 26.3. The van der Waals surface area contributed by atoms with Crippen LogP contribution in [0.2, 0.25) is 0 Å². The summed E-state index contributed by atoms with van der Waals surface area (Å²) in [6, 6.07) is 3.13. The van der Waals surface area contributed by atoms with Crippen molar-refractivity contribution in [2.24, 2.45) is 5.73 Å². The Bertz CT molecular complexity index is 402. The van der Waals surface area contributed by atoms with Crippen LogP contribution in [0.1, 0.15) is 27.8 Å². The van der Waals surface area contributed by atoms with Gasteiger partial charge in [-0.1, -0.05) is 0 Å². The van der Waals surface area contributed by atoms with Gasteiger partial charge in [-0.25, -0.2) is 0 Å². The number of carbonyl (C=O) groups is 2. The second kappa shape index (κ2) is 5.95. The molecule has 1 unspecified atom stereocenters. The predicted molar refractivity (Wildman–Crippen MR) is 63.6 cm³/mol. The zero-order chi connectivity index (χ0) is 12.8. The lowest BCUT2D eigenvalue weighted by atomic mass is 10.2. The molecule has 6 nitrogen and oxygen atoms in total. The minimum atomic E-state index is -0.562. The smallest absolute Gasteiger partial charge is 0.269 e. The maximum absolute atomic E-state index is 11.6. The fraction of sp³-hybridized carbons (Fsp3) is 0.364. The van der Waals surface area contributed by atoms with Crippen LogP contribution in [0.3, 0.4) is 0 Å². The monoisotopic (exact) mass is 236 g/mol. The largest absolute Gasteiger partial charge is 0.366 e. The molecule has 0 saturated heterocycles. The number of hydrogen-bond donors (Lipinski definition) is 3. The van der Waals surface area contributed by atoms with Gasteiger partial charge in [0.15, 0.2) is 0 Å². The first-order valence-corrected chi connectivity index (χ1v) is 5.26. The highest BCUT2D eigenvalue weighted by Gasteiger charge is 2.09. The van der Waals surface area contributed by atoms with E-state index in [1.165, 1.54) is 18.3 Å². The first-order valence-electron chi connectivity index (χ1n) is 5.26. The Balaban J connectivity index is 2.61. The number of pyridine rings is 1. The van der Waals surface area contributed by atoms with Gasteiger partial charge in [0, 0.05) is 18.8 Å². The van der Waals surface area contributed by atoms with Gasteiger partial charge in [0.05, 0.1) is 5.56 Å². The summed E-state index contributed by atoms with van der Waals surface area (Å²) in [7, 11) is 1.82. The Morgan fingerprint density at radius 3 is 2.65 bits per heavy atom. The summed E-state index contributed by atoms with van der Waals surface area (Å²) < 4.78 is 0. The molecule has 0 aliphatic carbocycles. The van der Waals surface area contributed by atoms with Crippen molar-refractivity contribution < 1.29 is 9.59 Å². The molecule has 1 aromatic rings. The molecule has 0 spiro atoms. The van der Waals surface area contributed by atoms with E-state index in [4.69, 9.17) is 5.73 Å². The van der Waals surface area contributed by atoms with E-state index in [0.29, 0.717) is 6.54 Å². The summed E-state index contributed by atoms with van der Waals surface area (Å²) >= 11 is 0. The molecule has 0 fully saturated rings. The Labute approximate surface area is 99.6 Å². The van der Waals surface area contributed by atoms with Gasteiger partial charge < -0.3 is 16.4 Å². The molecule has 0 aromatic carbocycles. The predicted octanol–water partition coefficient (Wildman–Crippen LogP) is -0.482. The van der Waals surface area contributed by atoms with Crippen molar-refractivity contribution in [1.29, 1.82) is 0 Å². The molecular formula is C11H16N4O2. The first-order chi connectivity index (χ1) is 8.04. The minimum absolute atomic E-state index is 0.184. The van der Waals surface area contributed by atoms with Crippen LogP contribution in [0, 0.1) is 0 Å². The third-order valence-electron chi connectivity index (χ3n) is 2.34. The number of hydrogen-bond acceptors (Lipinski definition) is 4. The van der Waals surface area contributed by atoms with Crippen molar-refractivity contribution >= 4 is 11.8 Å². The molecule has 1 heterocycles. The molecular weight excluding hydrogens is 220 g/mol. The van der Waals surface area contributed by atoms with Crippen molar-refractivity contribution in [1.82, 2.24) is 15.6 Å². The minimum Gasteiger partial charge on any atom is -0.366 e. The van der Waals surface area contributed by atoms with Gasteiger partial charge in [0.1, 0.15) is 5.69 Å². The van der Waals surface area contributed by atoms with Crippen LogP contribution >= 0.6 is 0 Å². The van der Waals surface area contributed by atoms with Crippen molar-refractivity contribution in [3.05, 3.63) is 29.6 Å². The number of rotatable bonds is 5. The summed E-state index contributed by atoms with van der Waals surface area (Å²) in [6.45, 7) is 2.46. The quantitative estimate of drug-likeness (QED) is 0.643. The average molecular weight is 236 g/mol. The van der Waals surface area contributed by atoms with E-state index in [-0.39, 0.29) is 23.2 Å². The first kappa shape index (κ1) is 13.1. The number of nitrogens with one attached hydrogen (secondary N) is 2. The van der Waals surface area contributed by atoms with Gasteiger partial charge >= 0.3 is 0 Å². The Kier molecular flexibility index (Phi) is 4.59. The normalized spacial score (nSPS) is 11.9. The summed E-state index contributed by atoms with van der Waals surface area (Å²) in [5, 5.41) is 5.72. The number of carbonyl (C=O) groups excluding carboxylic acids is 2. The van der Waals surface area contributed by atoms with Crippen LogP contribution in [0.25, 0.3) is 0 Å². The number of nitrogens with zero attached hydrogens (tertiary/aromatic N) is 1. The molecule has 1 aromatic heterocycles. The molecule has 0 aliphatic rings. The third kappa shape index (κ3) is 3.84. The van der Waals surface area contributed by atoms with E-state index in [2.05, 4.69) is 15.6 Å². The van der Waals surface area contributed by atoms with Crippen molar-refractivity contribution in [2.45, 2.75) is 13.0 Å². The zero-order valence-electron chi connectivity index (χ0n) is 9.86. The van der Waals surface area contributed by atoms with E-state index in [1.54, 1.807) is 0 Å². The van der Waals surface area contributed by atoms with Gasteiger partial charge in [-0.05, 0) is 26.1 Å². The standard InChI is InChI=1S/C11H16N4O2/c1-7(13-2)5-15-11(17)9-4-3-8(6-14-9)10(12)16/h3-4,6-7,13H,5H2,1-2H3,(H2,12,16)(H,15,17). The fourth-order valence-electron chi connectivity index (χ4n) is 1.11. The molecule has 0 radical (unpaired) electrons. The van der Waals surface area contributed by atoms with Gasteiger partial charge in [-0.15, -0.1) is 0 Å². The molecule has 0 bridgehead atoms. The molecule has 1 atom stereocenters. The van der Waals surface area contributed by atoms with E-state index in [0.717, 1.165) is 0 Å². The highest BCUT2D eigenvalue weighted by molar-refractivity contribution is 5.95. The number of primary amides is 1. The lowest BCUT2D eigenvalue weighted by Gasteiger charge is -2.10. The van der Waals surface area contributed by atoms with Crippen molar-refractivity contribution in [3.8, 4) is 0 Å². The van der Waals surface area contributed by atoms with Crippen LogP contribution in [0.4, 0.5) is 0 Å². The van der Waals surface area contributed by atoms with Crippen LogP contribution in [-0.2, 0) is 0 Å². The van der Waals surface area contributed by atoms with E-state index < -0.39 is 5.91 Å².